The van der Waals surface area contributed by atoms with Gasteiger partial charge in [0.15, 0.2) is 0 Å². The van der Waals surface area contributed by atoms with E-state index in [9.17, 15) is 4.79 Å². The van der Waals surface area contributed by atoms with Crippen LogP contribution in [-0.4, -0.2) is 17.5 Å². The molecule has 0 atom stereocenters. The van der Waals surface area contributed by atoms with Crippen molar-refractivity contribution in [2.45, 2.75) is 46.2 Å². The molecule has 0 saturated heterocycles. The van der Waals surface area contributed by atoms with Gasteiger partial charge in [-0.2, -0.15) is 0 Å². The molecule has 0 aromatic heterocycles. The fourth-order valence-corrected chi connectivity index (χ4v) is 2.56. The highest BCUT2D eigenvalue weighted by atomic mass is 16.2. The molecule has 1 aliphatic rings. The van der Waals surface area contributed by atoms with Crippen molar-refractivity contribution in [3.8, 4) is 0 Å². The van der Waals surface area contributed by atoms with Gasteiger partial charge in [-0.3, -0.25) is 4.79 Å². The Kier molecular flexibility index (Phi) is 2.64. The number of fused-ring (bicyclic) bond motifs is 1. The van der Waals surface area contributed by atoms with Crippen LogP contribution in [0.4, 0.5) is 11.4 Å². The number of aryl methyl sites for hydroxylation is 1. The van der Waals surface area contributed by atoms with E-state index in [1.807, 2.05) is 26.0 Å². The average molecular weight is 232 g/mol. The van der Waals surface area contributed by atoms with Crippen LogP contribution in [0.25, 0.3) is 0 Å². The highest BCUT2D eigenvalue weighted by Gasteiger charge is 2.41. The summed E-state index contributed by atoms with van der Waals surface area (Å²) in [7, 11) is 0. The standard InChI is InChI=1S/C14H20N2O/c1-9(2)16-12-8-10(3)6-7-11(12)15-13(17)14(16,4)5/h6-9H,1-5H3,(H,15,17). The lowest BCUT2D eigenvalue weighted by Gasteiger charge is -2.46. The highest BCUT2D eigenvalue weighted by molar-refractivity contribution is 6.06. The largest absolute Gasteiger partial charge is 0.353 e. The Morgan fingerprint density at radius 1 is 1.29 bits per heavy atom. The van der Waals surface area contributed by atoms with Crippen LogP contribution in [-0.2, 0) is 4.79 Å². The molecule has 2 rings (SSSR count). The molecule has 92 valence electrons. The number of carbonyl (C=O) groups is 1. The third-order valence-electron chi connectivity index (χ3n) is 3.34. The summed E-state index contributed by atoms with van der Waals surface area (Å²) in [6.07, 6.45) is 0. The number of carbonyl (C=O) groups excluding carboxylic acids is 1. The third-order valence-corrected chi connectivity index (χ3v) is 3.34. The quantitative estimate of drug-likeness (QED) is 0.807. The number of rotatable bonds is 1. The molecule has 3 heteroatoms. The molecule has 1 aliphatic heterocycles. The van der Waals surface area contributed by atoms with E-state index >= 15 is 0 Å². The van der Waals surface area contributed by atoms with Crippen molar-refractivity contribution in [3.63, 3.8) is 0 Å². The molecule has 0 radical (unpaired) electrons. The monoisotopic (exact) mass is 232 g/mol. The normalized spacial score (nSPS) is 18.0. The minimum Gasteiger partial charge on any atom is -0.353 e. The van der Waals surface area contributed by atoms with Crippen molar-refractivity contribution in [3.05, 3.63) is 23.8 Å². The predicted octanol–water partition coefficient (Wildman–Crippen LogP) is 2.94. The minimum absolute atomic E-state index is 0.0579. The summed E-state index contributed by atoms with van der Waals surface area (Å²) in [6.45, 7) is 10.2. The van der Waals surface area contributed by atoms with Crippen LogP contribution in [0, 0.1) is 6.92 Å². The van der Waals surface area contributed by atoms with Gasteiger partial charge in [0.1, 0.15) is 5.54 Å². The maximum absolute atomic E-state index is 12.1. The number of hydrogen-bond acceptors (Lipinski definition) is 2. The smallest absolute Gasteiger partial charge is 0.249 e. The molecule has 0 unspecified atom stereocenters. The molecule has 1 amide bonds. The molecule has 0 saturated carbocycles. The Balaban J connectivity index is 2.61. The van der Waals surface area contributed by atoms with E-state index in [4.69, 9.17) is 0 Å². The second-order valence-electron chi connectivity index (χ2n) is 5.50. The Labute approximate surface area is 103 Å². The number of nitrogens with one attached hydrogen (secondary N) is 1. The van der Waals surface area contributed by atoms with Gasteiger partial charge in [-0.1, -0.05) is 6.07 Å². The molecule has 0 aliphatic carbocycles. The maximum Gasteiger partial charge on any atom is 0.249 e. The van der Waals surface area contributed by atoms with Gasteiger partial charge in [-0.25, -0.2) is 0 Å². The summed E-state index contributed by atoms with van der Waals surface area (Å²) in [5.74, 6) is 0.0579. The molecule has 0 spiro atoms. The molecule has 1 N–H and O–H groups in total. The van der Waals surface area contributed by atoms with Crippen LogP contribution >= 0.6 is 0 Å². The van der Waals surface area contributed by atoms with Crippen molar-refractivity contribution in [2.24, 2.45) is 0 Å². The maximum atomic E-state index is 12.1. The number of amides is 1. The summed E-state index contributed by atoms with van der Waals surface area (Å²) in [4.78, 5) is 14.3. The van der Waals surface area contributed by atoms with Crippen LogP contribution in [0.15, 0.2) is 18.2 Å². The predicted molar refractivity (Wildman–Crippen MR) is 71.5 cm³/mol. The zero-order chi connectivity index (χ0) is 12.8. The van der Waals surface area contributed by atoms with Gasteiger partial charge in [0.05, 0.1) is 11.4 Å². The molecule has 1 aromatic rings. The van der Waals surface area contributed by atoms with Crippen LogP contribution in [0.5, 0.6) is 0 Å². The molecular weight excluding hydrogens is 212 g/mol. The van der Waals surface area contributed by atoms with E-state index in [2.05, 4.69) is 37.1 Å². The molecule has 0 fully saturated rings. The first-order valence-corrected chi connectivity index (χ1v) is 6.05. The van der Waals surface area contributed by atoms with Gasteiger partial charge in [0.25, 0.3) is 0 Å². The molecule has 17 heavy (non-hydrogen) atoms. The topological polar surface area (TPSA) is 32.3 Å². The van der Waals surface area contributed by atoms with E-state index in [0.717, 1.165) is 11.4 Å². The van der Waals surface area contributed by atoms with Crippen molar-refractivity contribution in [1.29, 1.82) is 0 Å². The number of hydrogen-bond donors (Lipinski definition) is 1. The van der Waals surface area contributed by atoms with E-state index in [0.29, 0.717) is 0 Å². The summed E-state index contributed by atoms with van der Waals surface area (Å²) >= 11 is 0. The highest BCUT2D eigenvalue weighted by Crippen LogP contribution is 2.38. The molecule has 3 nitrogen and oxygen atoms in total. The van der Waals surface area contributed by atoms with Gasteiger partial charge in [0.2, 0.25) is 5.91 Å². The van der Waals surface area contributed by atoms with Gasteiger partial charge in [-0.05, 0) is 52.3 Å². The number of benzene rings is 1. The molecule has 1 heterocycles. The second kappa shape index (κ2) is 3.76. The molecule has 1 aromatic carbocycles. The Bertz CT molecular complexity index is 463. The van der Waals surface area contributed by atoms with Crippen molar-refractivity contribution < 1.29 is 4.79 Å². The third kappa shape index (κ3) is 1.79. The summed E-state index contributed by atoms with van der Waals surface area (Å²) < 4.78 is 0. The molecular formula is C14H20N2O. The first-order valence-electron chi connectivity index (χ1n) is 6.05. The summed E-state index contributed by atoms with van der Waals surface area (Å²) in [5, 5.41) is 2.98. The van der Waals surface area contributed by atoms with Gasteiger partial charge >= 0.3 is 0 Å². The lowest BCUT2D eigenvalue weighted by Crippen LogP contribution is -2.58. The summed E-state index contributed by atoms with van der Waals surface area (Å²) in [6, 6.07) is 6.43. The summed E-state index contributed by atoms with van der Waals surface area (Å²) in [5.41, 5.74) is 2.73. The number of nitrogens with zero attached hydrogens (tertiary/aromatic N) is 1. The first kappa shape index (κ1) is 12.0. The van der Waals surface area contributed by atoms with Crippen LogP contribution in [0.2, 0.25) is 0 Å². The van der Waals surface area contributed by atoms with E-state index in [-0.39, 0.29) is 11.9 Å². The zero-order valence-electron chi connectivity index (χ0n) is 11.2. The van der Waals surface area contributed by atoms with Gasteiger partial charge in [0, 0.05) is 6.04 Å². The fourth-order valence-electron chi connectivity index (χ4n) is 2.56. The van der Waals surface area contributed by atoms with E-state index in [1.54, 1.807) is 0 Å². The first-order chi connectivity index (χ1) is 7.84. The van der Waals surface area contributed by atoms with Crippen LogP contribution in [0.3, 0.4) is 0 Å². The minimum atomic E-state index is -0.505. The van der Waals surface area contributed by atoms with Gasteiger partial charge < -0.3 is 10.2 Å². The van der Waals surface area contributed by atoms with E-state index in [1.165, 1.54) is 5.56 Å². The van der Waals surface area contributed by atoms with E-state index < -0.39 is 5.54 Å². The van der Waals surface area contributed by atoms with Crippen LogP contribution < -0.4 is 10.2 Å². The lowest BCUT2D eigenvalue weighted by atomic mass is 9.94. The lowest BCUT2D eigenvalue weighted by molar-refractivity contribution is -0.120. The average Bonchev–Trinajstić information content (AvgIpc) is 2.19. The Morgan fingerprint density at radius 3 is 2.53 bits per heavy atom. The zero-order valence-corrected chi connectivity index (χ0v) is 11.2. The Morgan fingerprint density at radius 2 is 1.94 bits per heavy atom. The fraction of sp³-hybridized carbons (Fsp3) is 0.500. The van der Waals surface area contributed by atoms with Crippen molar-refractivity contribution in [1.82, 2.24) is 0 Å². The number of anilines is 2. The van der Waals surface area contributed by atoms with Gasteiger partial charge in [-0.15, -0.1) is 0 Å². The Hall–Kier alpha value is -1.51. The van der Waals surface area contributed by atoms with Crippen molar-refractivity contribution in [2.75, 3.05) is 10.2 Å². The molecule has 0 bridgehead atoms. The van der Waals surface area contributed by atoms with Crippen LogP contribution in [0.1, 0.15) is 33.3 Å². The SMILES string of the molecule is Cc1ccc2c(c1)N(C(C)C)C(C)(C)C(=O)N2. The van der Waals surface area contributed by atoms with Crippen molar-refractivity contribution >= 4 is 17.3 Å². The second-order valence-corrected chi connectivity index (χ2v) is 5.50.